The first kappa shape index (κ1) is 9.86. The zero-order valence-corrected chi connectivity index (χ0v) is 7.22. The van der Waals surface area contributed by atoms with E-state index in [4.69, 9.17) is 10.5 Å². The van der Waals surface area contributed by atoms with Crippen molar-refractivity contribution in [2.45, 2.75) is 43.8 Å². The summed E-state index contributed by atoms with van der Waals surface area (Å²) in [5.74, 6) is 0. The average Bonchev–Trinajstić information content (AvgIpc) is 2.06. The first-order valence-corrected chi connectivity index (χ1v) is 4.19. The summed E-state index contributed by atoms with van der Waals surface area (Å²) in [7, 11) is 1.35. The molecule has 0 unspecified atom stereocenters. The molecule has 2 nitrogen and oxygen atoms in total. The van der Waals surface area contributed by atoms with Gasteiger partial charge in [-0.15, -0.1) is 0 Å². The Labute approximate surface area is 71.1 Å². The predicted molar refractivity (Wildman–Crippen MR) is 42.2 cm³/mol. The molecule has 1 saturated carbocycles. The molecule has 0 bridgehead atoms. The topological polar surface area (TPSA) is 35.2 Å². The maximum Gasteiger partial charge on any atom is 0.267 e. The van der Waals surface area contributed by atoms with Crippen LogP contribution in [0, 0.1) is 0 Å². The van der Waals surface area contributed by atoms with Gasteiger partial charge in [-0.05, 0) is 25.7 Å². The maximum atomic E-state index is 12.5. The first-order valence-electron chi connectivity index (χ1n) is 4.19. The highest BCUT2D eigenvalue weighted by Gasteiger charge is 2.42. The zero-order valence-electron chi connectivity index (χ0n) is 7.22. The lowest BCUT2D eigenvalue weighted by Gasteiger charge is -2.37. The van der Waals surface area contributed by atoms with Crippen molar-refractivity contribution >= 4 is 0 Å². The summed E-state index contributed by atoms with van der Waals surface area (Å²) in [6, 6.07) is 0.0759. The Hall–Kier alpha value is -0.220. The molecule has 12 heavy (non-hydrogen) atoms. The molecule has 0 aromatic rings. The highest BCUT2D eigenvalue weighted by molar-refractivity contribution is 4.90. The van der Waals surface area contributed by atoms with E-state index in [1.54, 1.807) is 0 Å². The molecule has 1 rings (SSSR count). The molecule has 1 fully saturated rings. The van der Waals surface area contributed by atoms with Crippen molar-refractivity contribution < 1.29 is 13.5 Å². The van der Waals surface area contributed by atoms with Crippen LogP contribution in [0.4, 0.5) is 8.78 Å². The van der Waals surface area contributed by atoms with Crippen molar-refractivity contribution in [1.82, 2.24) is 0 Å². The minimum absolute atomic E-state index is 0.0759. The Morgan fingerprint density at radius 1 is 1.42 bits per heavy atom. The number of methoxy groups -OCH3 is 1. The van der Waals surface area contributed by atoms with Crippen molar-refractivity contribution in [3.05, 3.63) is 0 Å². The third-order valence-electron chi connectivity index (χ3n) is 2.68. The molecule has 0 atom stereocenters. The number of hydrogen-bond donors (Lipinski definition) is 1. The fourth-order valence-electron chi connectivity index (χ4n) is 1.64. The molecule has 0 radical (unpaired) electrons. The Morgan fingerprint density at radius 3 is 2.25 bits per heavy atom. The van der Waals surface area contributed by atoms with Crippen LogP contribution in [0.25, 0.3) is 0 Å². The minimum Gasteiger partial charge on any atom is -0.372 e. The van der Waals surface area contributed by atoms with E-state index in [9.17, 15) is 8.78 Å². The lowest BCUT2D eigenvalue weighted by atomic mass is 9.82. The lowest BCUT2D eigenvalue weighted by Crippen LogP contribution is -2.45. The first-order chi connectivity index (χ1) is 5.60. The summed E-state index contributed by atoms with van der Waals surface area (Å²) in [5, 5.41) is 0. The van der Waals surface area contributed by atoms with E-state index < -0.39 is 12.0 Å². The summed E-state index contributed by atoms with van der Waals surface area (Å²) in [6.45, 7) is 0. The molecule has 4 heteroatoms. The quantitative estimate of drug-likeness (QED) is 0.697. The van der Waals surface area contributed by atoms with E-state index >= 15 is 0 Å². The van der Waals surface area contributed by atoms with Gasteiger partial charge in [0.1, 0.15) is 5.60 Å². The highest BCUT2D eigenvalue weighted by Crippen LogP contribution is 2.35. The SMILES string of the molecule is COC1(C(F)F)CCC(N)CC1. The molecule has 0 aliphatic heterocycles. The average molecular weight is 179 g/mol. The van der Waals surface area contributed by atoms with E-state index in [0.717, 1.165) is 0 Å². The van der Waals surface area contributed by atoms with Crippen LogP contribution in [0.3, 0.4) is 0 Å². The smallest absolute Gasteiger partial charge is 0.267 e. The van der Waals surface area contributed by atoms with Gasteiger partial charge in [-0.3, -0.25) is 0 Å². The summed E-state index contributed by atoms with van der Waals surface area (Å²) < 4.78 is 30.0. The normalized spacial score (nSPS) is 37.2. The summed E-state index contributed by atoms with van der Waals surface area (Å²) >= 11 is 0. The maximum absolute atomic E-state index is 12.5. The molecule has 0 saturated heterocycles. The van der Waals surface area contributed by atoms with E-state index in [2.05, 4.69) is 0 Å². The molecule has 1 aliphatic carbocycles. The van der Waals surface area contributed by atoms with Crippen LogP contribution in [-0.4, -0.2) is 25.2 Å². The van der Waals surface area contributed by atoms with Gasteiger partial charge >= 0.3 is 0 Å². The summed E-state index contributed by atoms with van der Waals surface area (Å²) in [6.07, 6.45) is -0.365. The molecule has 72 valence electrons. The Bertz CT molecular complexity index is 144. The number of ether oxygens (including phenoxy) is 1. The van der Waals surface area contributed by atoms with Crippen LogP contribution in [0.15, 0.2) is 0 Å². The van der Waals surface area contributed by atoms with E-state index in [1.165, 1.54) is 7.11 Å². The fraction of sp³-hybridized carbons (Fsp3) is 1.00. The number of alkyl halides is 2. The Kier molecular flexibility index (Phi) is 3.01. The van der Waals surface area contributed by atoms with E-state index in [-0.39, 0.29) is 6.04 Å². The number of rotatable bonds is 2. The third kappa shape index (κ3) is 1.75. The second kappa shape index (κ2) is 3.66. The van der Waals surface area contributed by atoms with Gasteiger partial charge in [0, 0.05) is 13.2 Å². The highest BCUT2D eigenvalue weighted by atomic mass is 19.3. The molecule has 0 spiro atoms. The van der Waals surface area contributed by atoms with Gasteiger partial charge in [0.05, 0.1) is 0 Å². The van der Waals surface area contributed by atoms with Gasteiger partial charge in [0.2, 0.25) is 0 Å². The van der Waals surface area contributed by atoms with Crippen LogP contribution >= 0.6 is 0 Å². The molecular weight excluding hydrogens is 164 g/mol. The number of nitrogens with two attached hydrogens (primary N) is 1. The van der Waals surface area contributed by atoms with Gasteiger partial charge in [0.25, 0.3) is 6.43 Å². The fourth-order valence-corrected chi connectivity index (χ4v) is 1.64. The molecule has 0 heterocycles. The molecular formula is C8H15F2NO. The van der Waals surface area contributed by atoms with Crippen molar-refractivity contribution in [2.75, 3.05) is 7.11 Å². The van der Waals surface area contributed by atoms with Gasteiger partial charge in [-0.1, -0.05) is 0 Å². The number of halogens is 2. The zero-order chi connectivity index (χ0) is 9.19. The second-order valence-electron chi connectivity index (χ2n) is 3.41. The van der Waals surface area contributed by atoms with Gasteiger partial charge < -0.3 is 10.5 Å². The summed E-state index contributed by atoms with van der Waals surface area (Å²) in [4.78, 5) is 0. The van der Waals surface area contributed by atoms with Gasteiger partial charge in [-0.2, -0.15) is 0 Å². The van der Waals surface area contributed by atoms with E-state index in [1.807, 2.05) is 0 Å². The standard InChI is InChI=1S/C8H15F2NO/c1-12-8(7(9)10)4-2-6(11)3-5-8/h6-7H,2-5,11H2,1H3. The van der Waals surface area contributed by atoms with E-state index in [0.29, 0.717) is 25.7 Å². The van der Waals surface area contributed by atoms with Crippen LogP contribution in [0.2, 0.25) is 0 Å². The van der Waals surface area contributed by atoms with Gasteiger partial charge in [0.15, 0.2) is 0 Å². The van der Waals surface area contributed by atoms with Crippen molar-refractivity contribution in [2.24, 2.45) is 5.73 Å². The molecule has 0 aromatic carbocycles. The Morgan fingerprint density at radius 2 is 1.92 bits per heavy atom. The molecule has 2 N–H and O–H groups in total. The van der Waals surface area contributed by atoms with Crippen molar-refractivity contribution in [1.29, 1.82) is 0 Å². The van der Waals surface area contributed by atoms with Crippen LogP contribution in [0.1, 0.15) is 25.7 Å². The predicted octanol–water partition coefficient (Wildman–Crippen LogP) is 1.54. The lowest BCUT2D eigenvalue weighted by molar-refractivity contribution is -0.141. The monoisotopic (exact) mass is 179 g/mol. The molecule has 1 aliphatic rings. The minimum atomic E-state index is -2.39. The third-order valence-corrected chi connectivity index (χ3v) is 2.68. The largest absolute Gasteiger partial charge is 0.372 e. The van der Waals surface area contributed by atoms with Crippen LogP contribution < -0.4 is 5.73 Å². The van der Waals surface area contributed by atoms with Crippen LogP contribution in [0.5, 0.6) is 0 Å². The van der Waals surface area contributed by atoms with Gasteiger partial charge in [-0.25, -0.2) is 8.78 Å². The van der Waals surface area contributed by atoms with Crippen LogP contribution in [-0.2, 0) is 4.74 Å². The molecule has 0 aromatic heterocycles. The van der Waals surface area contributed by atoms with Crippen molar-refractivity contribution in [3.8, 4) is 0 Å². The van der Waals surface area contributed by atoms with Crippen molar-refractivity contribution in [3.63, 3.8) is 0 Å². The Balaban J connectivity index is 2.57. The summed E-state index contributed by atoms with van der Waals surface area (Å²) in [5.41, 5.74) is 4.40. The second-order valence-corrected chi connectivity index (χ2v) is 3.41. The number of hydrogen-bond acceptors (Lipinski definition) is 2. The molecule has 0 amide bonds.